The molecule has 6 nitrogen and oxygen atoms in total. The molecule has 0 saturated carbocycles. The molecule has 2 aliphatic heterocycles. The topological polar surface area (TPSA) is 86.7 Å². The van der Waals surface area contributed by atoms with Gasteiger partial charge in [0, 0.05) is 33.2 Å². The summed E-state index contributed by atoms with van der Waals surface area (Å²) >= 11 is 0. The Morgan fingerprint density at radius 1 is 0.694 bits per heavy atom. The zero-order valence-corrected chi connectivity index (χ0v) is 21.1. The Balaban J connectivity index is 0.000000148. The summed E-state index contributed by atoms with van der Waals surface area (Å²) in [4.78, 5) is 48.4. The molecular weight excluding hydrogens is 456 g/mol. The van der Waals surface area contributed by atoms with E-state index in [1.807, 2.05) is 58.9 Å². The van der Waals surface area contributed by atoms with E-state index in [-0.39, 0.29) is 11.7 Å². The van der Waals surface area contributed by atoms with Crippen molar-refractivity contribution in [1.29, 1.82) is 0 Å². The lowest BCUT2D eigenvalue weighted by Crippen LogP contribution is -2.34. The first-order chi connectivity index (χ1) is 16.9. The van der Waals surface area contributed by atoms with Crippen molar-refractivity contribution >= 4 is 34.7 Å². The number of Topliss-reactive ketones (excluding diaryl/α,β-unsaturated/α-hetero) is 4. The largest absolute Gasteiger partial charge is 0.489 e. The van der Waals surface area contributed by atoms with Crippen LogP contribution in [-0.2, 0) is 19.1 Å². The summed E-state index contributed by atoms with van der Waals surface area (Å²) in [5.41, 5.74) is 2.77. The molecule has 2 aromatic carbocycles. The molecule has 184 valence electrons. The molecule has 6 rings (SSSR count). The van der Waals surface area contributed by atoms with Crippen molar-refractivity contribution in [1.82, 2.24) is 0 Å². The summed E-state index contributed by atoms with van der Waals surface area (Å²) in [5, 5.41) is 0. The highest BCUT2D eigenvalue weighted by atomic mass is 16.5. The van der Waals surface area contributed by atoms with Crippen LogP contribution in [0.4, 0.5) is 0 Å². The fourth-order valence-corrected chi connectivity index (χ4v) is 5.09. The average molecular weight is 485 g/mol. The van der Waals surface area contributed by atoms with Gasteiger partial charge in [-0.15, -0.1) is 0 Å². The summed E-state index contributed by atoms with van der Waals surface area (Å²) in [6.45, 7) is 9.82. The number of hydrogen-bond acceptors (Lipinski definition) is 6. The third-order valence-electron chi connectivity index (χ3n) is 7.56. The van der Waals surface area contributed by atoms with E-state index in [0.29, 0.717) is 40.2 Å². The molecule has 0 N–H and O–H groups in total. The highest BCUT2D eigenvalue weighted by Crippen LogP contribution is 2.49. The molecule has 1 atom stereocenters. The molecule has 2 aliphatic carbocycles. The molecule has 0 saturated heterocycles. The van der Waals surface area contributed by atoms with Gasteiger partial charge < -0.3 is 9.47 Å². The van der Waals surface area contributed by atoms with Gasteiger partial charge in [0.05, 0.1) is 5.57 Å². The van der Waals surface area contributed by atoms with Gasteiger partial charge in [-0.3, -0.25) is 19.2 Å². The van der Waals surface area contributed by atoms with Crippen LogP contribution in [0, 0.1) is 5.41 Å². The van der Waals surface area contributed by atoms with Crippen molar-refractivity contribution in [2.24, 2.45) is 5.41 Å². The number of fused-ring (bicyclic) bond motifs is 4. The minimum atomic E-state index is -0.421. The second kappa shape index (κ2) is 8.12. The molecule has 1 unspecified atom stereocenters. The van der Waals surface area contributed by atoms with Crippen molar-refractivity contribution in [3.8, 4) is 0 Å². The van der Waals surface area contributed by atoms with E-state index in [0.717, 1.165) is 17.5 Å². The van der Waals surface area contributed by atoms with Crippen molar-refractivity contribution in [2.45, 2.75) is 59.2 Å². The van der Waals surface area contributed by atoms with Gasteiger partial charge in [-0.05, 0) is 33.6 Å². The first-order valence-electron chi connectivity index (χ1n) is 12.1. The third kappa shape index (κ3) is 3.55. The Morgan fingerprint density at radius 2 is 1.19 bits per heavy atom. The van der Waals surface area contributed by atoms with E-state index >= 15 is 0 Å². The second-order valence-electron chi connectivity index (χ2n) is 10.8. The molecule has 4 aliphatic rings. The van der Waals surface area contributed by atoms with Crippen LogP contribution in [0.5, 0.6) is 0 Å². The van der Waals surface area contributed by atoms with E-state index in [2.05, 4.69) is 0 Å². The standard InChI is InChI=1S/2C15H14O3/c1-8-15(2,3)11-13(17)12(16)9-6-4-5-7-10(9)14(11)18-8;1-15(2)8-7-11-13(17)12(16)9-5-3-4-6-10(9)14(11)18-15/h4-8H,1-3H3;3-6H,7-8H2,1-2H3. The van der Waals surface area contributed by atoms with Gasteiger partial charge in [-0.2, -0.15) is 0 Å². The van der Waals surface area contributed by atoms with Crippen molar-refractivity contribution in [3.05, 3.63) is 81.9 Å². The Morgan fingerprint density at radius 3 is 1.78 bits per heavy atom. The maximum Gasteiger partial charge on any atom is 0.234 e. The average Bonchev–Trinajstić information content (AvgIpc) is 3.09. The fourth-order valence-electron chi connectivity index (χ4n) is 5.09. The second-order valence-corrected chi connectivity index (χ2v) is 10.8. The van der Waals surface area contributed by atoms with Gasteiger partial charge in [0.25, 0.3) is 0 Å². The molecule has 6 heteroatoms. The van der Waals surface area contributed by atoms with E-state index in [1.54, 1.807) is 24.3 Å². The molecule has 0 amide bonds. The van der Waals surface area contributed by atoms with Crippen LogP contribution in [0.1, 0.15) is 79.3 Å². The lowest BCUT2D eigenvalue weighted by atomic mass is 9.74. The van der Waals surface area contributed by atoms with Gasteiger partial charge >= 0.3 is 0 Å². The van der Waals surface area contributed by atoms with Crippen LogP contribution in [0.2, 0.25) is 0 Å². The molecule has 0 fully saturated rings. The van der Waals surface area contributed by atoms with Gasteiger partial charge in [-0.1, -0.05) is 62.4 Å². The van der Waals surface area contributed by atoms with Crippen LogP contribution < -0.4 is 0 Å². The maximum absolute atomic E-state index is 12.2. The van der Waals surface area contributed by atoms with Crippen LogP contribution >= 0.6 is 0 Å². The van der Waals surface area contributed by atoms with Crippen LogP contribution in [0.15, 0.2) is 59.7 Å². The predicted octanol–water partition coefficient (Wildman–Crippen LogP) is 5.36. The highest BCUT2D eigenvalue weighted by Gasteiger charge is 2.49. The number of carbonyl (C=O) groups excluding carboxylic acids is 4. The number of allylic oxidation sites excluding steroid dienone is 1. The van der Waals surface area contributed by atoms with Crippen LogP contribution in [0.25, 0.3) is 11.5 Å². The van der Waals surface area contributed by atoms with E-state index < -0.39 is 28.5 Å². The smallest absolute Gasteiger partial charge is 0.234 e. The monoisotopic (exact) mass is 484 g/mol. The molecule has 36 heavy (non-hydrogen) atoms. The summed E-state index contributed by atoms with van der Waals surface area (Å²) in [6, 6.07) is 14.3. The van der Waals surface area contributed by atoms with Crippen molar-refractivity contribution in [2.75, 3.05) is 0 Å². The van der Waals surface area contributed by atoms with E-state index in [4.69, 9.17) is 9.47 Å². The lowest BCUT2D eigenvalue weighted by Gasteiger charge is -2.36. The first-order valence-corrected chi connectivity index (χ1v) is 12.1. The summed E-state index contributed by atoms with van der Waals surface area (Å²) in [5.74, 6) is -0.459. The normalized spacial score (nSPS) is 23.0. The van der Waals surface area contributed by atoms with Crippen LogP contribution in [-0.4, -0.2) is 34.8 Å². The summed E-state index contributed by atoms with van der Waals surface area (Å²) in [7, 11) is 0. The zero-order chi connectivity index (χ0) is 26.0. The fraction of sp³-hybridized carbons (Fsp3) is 0.333. The number of carbonyl (C=O) groups is 4. The minimum Gasteiger partial charge on any atom is -0.489 e. The Bertz CT molecular complexity index is 1420. The molecule has 0 aromatic heterocycles. The van der Waals surface area contributed by atoms with Gasteiger partial charge in [0.2, 0.25) is 23.1 Å². The number of ketones is 4. The lowest BCUT2D eigenvalue weighted by molar-refractivity contribution is -0.113. The number of hydrogen-bond donors (Lipinski definition) is 0. The van der Waals surface area contributed by atoms with Crippen molar-refractivity contribution < 1.29 is 28.7 Å². The number of rotatable bonds is 0. The molecule has 0 radical (unpaired) electrons. The van der Waals surface area contributed by atoms with E-state index in [1.165, 1.54) is 0 Å². The van der Waals surface area contributed by atoms with E-state index in [9.17, 15) is 19.2 Å². The quantitative estimate of drug-likeness (QED) is 0.468. The molecule has 0 bridgehead atoms. The number of benzene rings is 2. The molecule has 2 aromatic rings. The Kier molecular flexibility index (Phi) is 5.39. The SMILES string of the molecule is CC1(C)CCC2=C(O1)c1ccccc1C(=O)C2=O.CC1OC2=C(C(=O)C(=O)c3ccccc32)C1(C)C. The molecule has 2 heterocycles. The molecule has 0 spiro atoms. The van der Waals surface area contributed by atoms with Gasteiger partial charge in [0.1, 0.15) is 23.2 Å². The minimum absolute atomic E-state index is 0.106. The predicted molar refractivity (Wildman–Crippen MR) is 134 cm³/mol. The van der Waals surface area contributed by atoms with Crippen molar-refractivity contribution in [3.63, 3.8) is 0 Å². The zero-order valence-electron chi connectivity index (χ0n) is 21.1. The summed E-state index contributed by atoms with van der Waals surface area (Å²) in [6.07, 6.45) is 1.26. The number of ether oxygens (including phenoxy) is 2. The maximum atomic E-state index is 12.2. The van der Waals surface area contributed by atoms with Gasteiger partial charge in [-0.25, -0.2) is 0 Å². The Labute approximate surface area is 210 Å². The Hall–Kier alpha value is -3.80. The van der Waals surface area contributed by atoms with Gasteiger partial charge in [0.15, 0.2) is 0 Å². The summed E-state index contributed by atoms with van der Waals surface area (Å²) < 4.78 is 11.8. The molecular formula is C30H28O6. The van der Waals surface area contributed by atoms with Crippen LogP contribution in [0.3, 0.4) is 0 Å². The highest BCUT2D eigenvalue weighted by molar-refractivity contribution is 6.53. The third-order valence-corrected chi connectivity index (χ3v) is 7.56. The first kappa shape index (κ1) is 23.9.